The molecule has 0 saturated carbocycles. The number of carbonyl (C=O) groups excluding carboxylic acids is 1. The summed E-state index contributed by atoms with van der Waals surface area (Å²) >= 11 is 5.77. The van der Waals surface area contributed by atoms with E-state index >= 15 is 0 Å². The van der Waals surface area contributed by atoms with Gasteiger partial charge in [-0.25, -0.2) is 0 Å². The highest BCUT2D eigenvalue weighted by Crippen LogP contribution is 2.10. The smallest absolute Gasteiger partial charge is 0.224 e. The van der Waals surface area contributed by atoms with Crippen LogP contribution in [0.4, 0.5) is 0 Å². The van der Waals surface area contributed by atoms with Crippen LogP contribution in [0.1, 0.15) is 12.0 Å². The number of amides is 1. The van der Waals surface area contributed by atoms with Gasteiger partial charge in [0.25, 0.3) is 0 Å². The van der Waals surface area contributed by atoms with Gasteiger partial charge in [-0.2, -0.15) is 0 Å². The predicted molar refractivity (Wildman–Crippen MR) is 62.5 cm³/mol. The SMILES string of the molecule is O=C(Cc1ccc(Cl)cc1)NC1CCOC1. The molecule has 1 aromatic carbocycles. The van der Waals surface area contributed by atoms with Crippen LogP contribution in [-0.4, -0.2) is 25.2 Å². The lowest BCUT2D eigenvalue weighted by molar-refractivity contribution is -0.121. The molecule has 1 heterocycles. The highest BCUT2D eigenvalue weighted by atomic mass is 35.5. The van der Waals surface area contributed by atoms with Crippen molar-refractivity contribution in [3.05, 3.63) is 34.9 Å². The molecule has 1 atom stereocenters. The van der Waals surface area contributed by atoms with E-state index < -0.39 is 0 Å². The van der Waals surface area contributed by atoms with E-state index in [4.69, 9.17) is 16.3 Å². The van der Waals surface area contributed by atoms with Gasteiger partial charge in [-0.1, -0.05) is 23.7 Å². The second kappa shape index (κ2) is 5.32. The van der Waals surface area contributed by atoms with Crippen molar-refractivity contribution in [3.8, 4) is 0 Å². The minimum Gasteiger partial charge on any atom is -0.379 e. The van der Waals surface area contributed by atoms with Crippen molar-refractivity contribution < 1.29 is 9.53 Å². The van der Waals surface area contributed by atoms with Crippen molar-refractivity contribution in [1.82, 2.24) is 5.32 Å². The molecule has 0 aliphatic carbocycles. The van der Waals surface area contributed by atoms with Gasteiger partial charge < -0.3 is 10.1 Å². The van der Waals surface area contributed by atoms with E-state index in [1.807, 2.05) is 12.1 Å². The summed E-state index contributed by atoms with van der Waals surface area (Å²) in [7, 11) is 0. The molecule has 3 nitrogen and oxygen atoms in total. The maximum absolute atomic E-state index is 11.7. The van der Waals surface area contributed by atoms with Crippen molar-refractivity contribution in [2.45, 2.75) is 18.9 Å². The quantitative estimate of drug-likeness (QED) is 0.874. The summed E-state index contributed by atoms with van der Waals surface area (Å²) in [5, 5.41) is 3.63. The Labute approximate surface area is 99.7 Å². The van der Waals surface area contributed by atoms with E-state index in [1.54, 1.807) is 12.1 Å². The number of hydrogen-bond donors (Lipinski definition) is 1. The molecule has 1 aliphatic heterocycles. The lowest BCUT2D eigenvalue weighted by atomic mass is 10.1. The second-order valence-corrected chi connectivity index (χ2v) is 4.37. The van der Waals surface area contributed by atoms with Gasteiger partial charge in [-0.15, -0.1) is 0 Å². The summed E-state index contributed by atoms with van der Waals surface area (Å²) in [4.78, 5) is 11.7. The Hall–Kier alpha value is -1.06. The first-order valence-electron chi connectivity index (χ1n) is 5.35. The topological polar surface area (TPSA) is 38.3 Å². The van der Waals surface area contributed by atoms with Crippen molar-refractivity contribution in [1.29, 1.82) is 0 Å². The average Bonchev–Trinajstić information content (AvgIpc) is 2.74. The first kappa shape index (κ1) is 11.4. The predicted octanol–water partition coefficient (Wildman–Crippen LogP) is 1.79. The fourth-order valence-corrected chi connectivity index (χ4v) is 1.84. The van der Waals surface area contributed by atoms with Crippen LogP contribution < -0.4 is 5.32 Å². The molecule has 1 saturated heterocycles. The molecule has 1 aromatic rings. The van der Waals surface area contributed by atoms with E-state index in [0.29, 0.717) is 18.1 Å². The molecule has 1 fully saturated rings. The molecule has 0 radical (unpaired) electrons. The summed E-state index contributed by atoms with van der Waals surface area (Å²) in [6.45, 7) is 1.37. The third-order valence-electron chi connectivity index (χ3n) is 2.57. The van der Waals surface area contributed by atoms with E-state index in [9.17, 15) is 4.79 Å². The van der Waals surface area contributed by atoms with Gasteiger partial charge in [-0.3, -0.25) is 4.79 Å². The zero-order valence-electron chi connectivity index (χ0n) is 8.91. The maximum atomic E-state index is 11.7. The summed E-state index contributed by atoms with van der Waals surface area (Å²) in [6.07, 6.45) is 1.31. The lowest BCUT2D eigenvalue weighted by Crippen LogP contribution is -2.35. The molecule has 2 rings (SSSR count). The van der Waals surface area contributed by atoms with E-state index in [2.05, 4.69) is 5.32 Å². The molecule has 4 heteroatoms. The van der Waals surface area contributed by atoms with Crippen LogP contribution in [0.25, 0.3) is 0 Å². The van der Waals surface area contributed by atoms with Crippen molar-refractivity contribution in [2.24, 2.45) is 0 Å². The third-order valence-corrected chi connectivity index (χ3v) is 2.82. The van der Waals surface area contributed by atoms with Gasteiger partial charge >= 0.3 is 0 Å². The molecule has 0 aromatic heterocycles. The van der Waals surface area contributed by atoms with Crippen LogP contribution in [-0.2, 0) is 16.0 Å². The molecular weight excluding hydrogens is 226 g/mol. The van der Waals surface area contributed by atoms with Crippen molar-refractivity contribution >= 4 is 17.5 Å². The number of ether oxygens (including phenoxy) is 1. The standard InChI is InChI=1S/C12H14ClNO2/c13-10-3-1-9(2-4-10)7-12(15)14-11-5-6-16-8-11/h1-4,11H,5-8H2,(H,14,15). The fourth-order valence-electron chi connectivity index (χ4n) is 1.71. The van der Waals surface area contributed by atoms with E-state index in [1.165, 1.54) is 0 Å². The molecule has 1 aliphatic rings. The van der Waals surface area contributed by atoms with Gasteiger partial charge in [0.2, 0.25) is 5.91 Å². The fraction of sp³-hybridized carbons (Fsp3) is 0.417. The minimum absolute atomic E-state index is 0.0397. The third kappa shape index (κ3) is 3.22. The summed E-state index contributed by atoms with van der Waals surface area (Å²) in [6, 6.07) is 7.51. The zero-order valence-corrected chi connectivity index (χ0v) is 9.67. The molecule has 0 bridgehead atoms. The van der Waals surface area contributed by atoms with Crippen LogP contribution in [0.3, 0.4) is 0 Å². The average molecular weight is 240 g/mol. The van der Waals surface area contributed by atoms with Crippen LogP contribution in [0.5, 0.6) is 0 Å². The Morgan fingerprint density at radius 3 is 2.81 bits per heavy atom. The first-order valence-corrected chi connectivity index (χ1v) is 5.73. The monoisotopic (exact) mass is 239 g/mol. The molecule has 0 spiro atoms. The van der Waals surface area contributed by atoms with Crippen molar-refractivity contribution in [2.75, 3.05) is 13.2 Å². The molecule has 1 N–H and O–H groups in total. The number of benzene rings is 1. The lowest BCUT2D eigenvalue weighted by Gasteiger charge is -2.10. The molecule has 86 valence electrons. The highest BCUT2D eigenvalue weighted by molar-refractivity contribution is 6.30. The Morgan fingerprint density at radius 1 is 1.44 bits per heavy atom. The molecule has 16 heavy (non-hydrogen) atoms. The van der Waals surface area contributed by atoms with Crippen LogP contribution in [0.2, 0.25) is 5.02 Å². The Balaban J connectivity index is 1.84. The van der Waals surface area contributed by atoms with Gasteiger partial charge in [-0.05, 0) is 24.1 Å². The van der Waals surface area contributed by atoms with Crippen molar-refractivity contribution in [3.63, 3.8) is 0 Å². The normalized spacial score (nSPS) is 19.7. The number of halogens is 1. The largest absolute Gasteiger partial charge is 0.379 e. The Morgan fingerprint density at radius 2 is 2.19 bits per heavy atom. The number of hydrogen-bond acceptors (Lipinski definition) is 2. The van der Waals surface area contributed by atoms with E-state index in [0.717, 1.165) is 18.6 Å². The zero-order chi connectivity index (χ0) is 11.4. The summed E-state index contributed by atoms with van der Waals surface area (Å²) in [5.74, 6) is 0.0397. The van der Waals surface area contributed by atoms with E-state index in [-0.39, 0.29) is 11.9 Å². The van der Waals surface area contributed by atoms with Gasteiger partial charge in [0.1, 0.15) is 0 Å². The summed E-state index contributed by atoms with van der Waals surface area (Å²) in [5.41, 5.74) is 0.973. The number of rotatable bonds is 3. The van der Waals surface area contributed by atoms with Crippen LogP contribution in [0.15, 0.2) is 24.3 Å². The van der Waals surface area contributed by atoms with Crippen LogP contribution >= 0.6 is 11.6 Å². The number of carbonyl (C=O) groups is 1. The molecule has 1 unspecified atom stereocenters. The second-order valence-electron chi connectivity index (χ2n) is 3.93. The molecule has 1 amide bonds. The number of nitrogens with one attached hydrogen (secondary N) is 1. The van der Waals surface area contributed by atoms with Crippen LogP contribution in [0, 0.1) is 0 Å². The minimum atomic E-state index is 0.0397. The Kier molecular flexibility index (Phi) is 3.80. The first-order chi connectivity index (χ1) is 7.74. The van der Waals surface area contributed by atoms with Gasteiger partial charge in [0, 0.05) is 11.6 Å². The van der Waals surface area contributed by atoms with Gasteiger partial charge in [0.15, 0.2) is 0 Å². The van der Waals surface area contributed by atoms with Gasteiger partial charge in [0.05, 0.1) is 19.1 Å². The molecular formula is C12H14ClNO2. The Bertz CT molecular complexity index is 358. The summed E-state index contributed by atoms with van der Waals surface area (Å²) < 4.78 is 5.19. The maximum Gasteiger partial charge on any atom is 0.224 e. The highest BCUT2D eigenvalue weighted by Gasteiger charge is 2.17.